The topological polar surface area (TPSA) is 118 Å². The van der Waals surface area contributed by atoms with Crippen molar-refractivity contribution in [3.8, 4) is 17.2 Å². The van der Waals surface area contributed by atoms with Crippen molar-refractivity contribution in [2.75, 3.05) is 52.8 Å². The Morgan fingerprint density at radius 1 is 0.942 bits per heavy atom. The Balaban J connectivity index is 1.08. The van der Waals surface area contributed by atoms with Crippen LogP contribution in [0, 0.1) is 11.2 Å². The molecule has 2 aliphatic rings. The summed E-state index contributed by atoms with van der Waals surface area (Å²) in [5, 5.41) is 12.8. The van der Waals surface area contributed by atoms with Crippen molar-refractivity contribution in [1.29, 1.82) is 0 Å². The molecule has 0 spiro atoms. The lowest BCUT2D eigenvalue weighted by atomic mass is 9.76. The molecule has 4 aromatic rings. The number of likely N-dealkylation sites (tertiary alicyclic amines) is 2. The van der Waals surface area contributed by atoms with Crippen LogP contribution in [0.2, 0.25) is 0 Å². The summed E-state index contributed by atoms with van der Waals surface area (Å²) in [5.74, 6) is 1.46. The van der Waals surface area contributed by atoms with E-state index in [0.29, 0.717) is 49.7 Å². The first kappa shape index (κ1) is 36.9. The number of aryl methyl sites for hydroxylation is 1. The van der Waals surface area contributed by atoms with Crippen LogP contribution < -0.4 is 19.5 Å². The van der Waals surface area contributed by atoms with Gasteiger partial charge >= 0.3 is 5.97 Å². The monoisotopic (exact) mass is 715 g/mol. The maximum Gasteiger partial charge on any atom is 0.303 e. The SMILES string of the molecule is COc1cc(CN2CCC(CCCN3CCC(Nc4nc5ccccc5n4CCCC(=O)O)CC3)(Cc3ccc(F)cc3)C2=O)cc(OC)c1OC. The quantitative estimate of drug-likeness (QED) is 0.128. The van der Waals surface area contributed by atoms with Crippen molar-refractivity contribution in [3.05, 3.63) is 77.6 Å². The van der Waals surface area contributed by atoms with Gasteiger partial charge in [0.25, 0.3) is 0 Å². The molecule has 3 heterocycles. The highest BCUT2D eigenvalue weighted by molar-refractivity contribution is 5.85. The zero-order valence-electron chi connectivity index (χ0n) is 30.4. The average Bonchev–Trinajstić information content (AvgIpc) is 3.64. The van der Waals surface area contributed by atoms with E-state index in [1.54, 1.807) is 33.5 Å². The number of fused-ring (bicyclic) bond motifs is 1. The number of amides is 1. The summed E-state index contributed by atoms with van der Waals surface area (Å²) in [6.07, 6.45) is 5.49. The summed E-state index contributed by atoms with van der Waals surface area (Å²) in [4.78, 5) is 34.7. The number of piperidine rings is 1. The minimum absolute atomic E-state index is 0.117. The number of nitrogens with zero attached hydrogens (tertiary/aromatic N) is 4. The summed E-state index contributed by atoms with van der Waals surface area (Å²) >= 11 is 0. The number of nitrogens with one attached hydrogen (secondary N) is 1. The molecule has 1 unspecified atom stereocenters. The molecule has 278 valence electrons. The molecular weight excluding hydrogens is 665 g/mol. The van der Waals surface area contributed by atoms with Gasteiger partial charge in [0.05, 0.1) is 37.8 Å². The third-order valence-electron chi connectivity index (χ3n) is 10.6. The molecule has 2 N–H and O–H groups in total. The molecule has 3 aromatic carbocycles. The van der Waals surface area contributed by atoms with Crippen LogP contribution in [0.15, 0.2) is 60.7 Å². The second kappa shape index (κ2) is 16.7. The lowest BCUT2D eigenvalue weighted by Gasteiger charge is -2.34. The van der Waals surface area contributed by atoms with Crippen molar-refractivity contribution in [2.45, 2.75) is 70.5 Å². The van der Waals surface area contributed by atoms with E-state index in [4.69, 9.17) is 24.3 Å². The number of para-hydroxylation sites is 2. The molecule has 1 atom stereocenters. The normalized spacial score (nSPS) is 18.2. The lowest BCUT2D eigenvalue weighted by Crippen LogP contribution is -2.41. The molecule has 1 aromatic heterocycles. The fraction of sp³-hybridized carbons (Fsp3) is 0.475. The summed E-state index contributed by atoms with van der Waals surface area (Å²) in [5.41, 5.74) is 3.19. The number of carbonyl (C=O) groups is 2. The molecule has 0 aliphatic carbocycles. The van der Waals surface area contributed by atoms with E-state index >= 15 is 0 Å². The Morgan fingerprint density at radius 2 is 1.65 bits per heavy atom. The number of anilines is 1. The van der Waals surface area contributed by atoms with Crippen molar-refractivity contribution >= 4 is 28.9 Å². The van der Waals surface area contributed by atoms with Gasteiger partial charge in [-0.25, -0.2) is 9.37 Å². The van der Waals surface area contributed by atoms with E-state index in [0.717, 1.165) is 79.8 Å². The van der Waals surface area contributed by atoms with Crippen LogP contribution in [0.5, 0.6) is 17.2 Å². The van der Waals surface area contributed by atoms with E-state index in [2.05, 4.69) is 14.8 Å². The van der Waals surface area contributed by atoms with Crippen molar-refractivity contribution in [2.24, 2.45) is 5.41 Å². The summed E-state index contributed by atoms with van der Waals surface area (Å²) in [6.45, 7) is 4.41. The van der Waals surface area contributed by atoms with Gasteiger partial charge in [0, 0.05) is 45.2 Å². The second-order valence-electron chi connectivity index (χ2n) is 14.0. The second-order valence-corrected chi connectivity index (χ2v) is 14.0. The van der Waals surface area contributed by atoms with E-state index < -0.39 is 11.4 Å². The Bertz CT molecular complexity index is 1810. The number of aliphatic carboxylic acids is 1. The maximum atomic E-state index is 14.3. The minimum atomic E-state index is -0.794. The summed E-state index contributed by atoms with van der Waals surface area (Å²) < 4.78 is 32.5. The van der Waals surface area contributed by atoms with Crippen LogP contribution in [0.3, 0.4) is 0 Å². The molecule has 2 fully saturated rings. The van der Waals surface area contributed by atoms with Crippen LogP contribution >= 0.6 is 0 Å². The number of aromatic nitrogens is 2. The fourth-order valence-corrected chi connectivity index (χ4v) is 7.89. The van der Waals surface area contributed by atoms with Gasteiger partial charge in [-0.05, 0) is 99.0 Å². The predicted molar refractivity (Wildman–Crippen MR) is 198 cm³/mol. The highest BCUT2D eigenvalue weighted by Crippen LogP contribution is 2.43. The Morgan fingerprint density at radius 3 is 2.33 bits per heavy atom. The molecule has 2 saturated heterocycles. The van der Waals surface area contributed by atoms with Gasteiger partial charge in [0.15, 0.2) is 11.5 Å². The lowest BCUT2D eigenvalue weighted by molar-refractivity contribution is -0.137. The Hall–Kier alpha value is -4.84. The summed E-state index contributed by atoms with van der Waals surface area (Å²) in [7, 11) is 4.73. The van der Waals surface area contributed by atoms with Crippen LogP contribution in [0.25, 0.3) is 11.0 Å². The molecular formula is C40H50FN5O6. The smallest absolute Gasteiger partial charge is 0.303 e. The highest BCUT2D eigenvalue weighted by Gasteiger charge is 2.46. The highest BCUT2D eigenvalue weighted by atomic mass is 19.1. The maximum absolute atomic E-state index is 14.3. The van der Waals surface area contributed by atoms with Gasteiger partial charge in [-0.3, -0.25) is 9.59 Å². The summed E-state index contributed by atoms with van der Waals surface area (Å²) in [6, 6.07) is 18.5. The van der Waals surface area contributed by atoms with Gasteiger partial charge in [-0.2, -0.15) is 0 Å². The van der Waals surface area contributed by atoms with E-state index in [1.807, 2.05) is 41.3 Å². The number of imidazole rings is 1. The van der Waals surface area contributed by atoms with Crippen molar-refractivity contribution < 1.29 is 33.3 Å². The molecule has 0 bridgehead atoms. The number of carbonyl (C=O) groups excluding carboxylic acids is 1. The van der Waals surface area contributed by atoms with Crippen LogP contribution in [0.4, 0.5) is 10.3 Å². The molecule has 52 heavy (non-hydrogen) atoms. The number of methoxy groups -OCH3 is 3. The number of hydrogen-bond donors (Lipinski definition) is 2. The number of ether oxygens (including phenoxy) is 3. The number of halogens is 1. The molecule has 0 radical (unpaired) electrons. The van der Waals surface area contributed by atoms with Gasteiger partial charge in [0.2, 0.25) is 17.6 Å². The first-order chi connectivity index (χ1) is 25.2. The number of carboxylic acids is 1. The number of hydrogen-bond acceptors (Lipinski definition) is 8. The van der Waals surface area contributed by atoms with Crippen LogP contribution in [-0.4, -0.2) is 89.9 Å². The molecule has 1 amide bonds. The molecule has 6 rings (SSSR count). The standard InChI is InChI=1S/C40H50FN5O6/c1-50-34-24-29(25-35(51-2)37(34)52-3)27-45-23-18-40(38(45)49,26-28-11-13-30(41)14-12-28)17-7-19-44-21-15-31(16-22-44)42-39-43-32-8-4-5-9-33(32)46(39)20-6-10-36(47)48/h4-5,8-9,11-14,24-25,31H,6-7,10,15-23,26-27H2,1-3H3,(H,42,43)(H,47,48). The third-order valence-corrected chi connectivity index (χ3v) is 10.6. The number of rotatable bonds is 17. The molecule has 11 nitrogen and oxygen atoms in total. The van der Waals surface area contributed by atoms with E-state index in [1.165, 1.54) is 12.1 Å². The van der Waals surface area contributed by atoms with Gasteiger partial charge < -0.3 is 39.0 Å². The Kier molecular flexibility index (Phi) is 11.8. The van der Waals surface area contributed by atoms with Crippen molar-refractivity contribution in [1.82, 2.24) is 19.4 Å². The Labute approximate surface area is 304 Å². The third kappa shape index (κ3) is 8.44. The van der Waals surface area contributed by atoms with Gasteiger partial charge in [0.1, 0.15) is 5.82 Å². The zero-order chi connectivity index (χ0) is 36.7. The minimum Gasteiger partial charge on any atom is -0.493 e. The first-order valence-corrected chi connectivity index (χ1v) is 18.2. The number of benzene rings is 3. The number of carboxylic acid groups (broad SMARTS) is 1. The van der Waals surface area contributed by atoms with Gasteiger partial charge in [-0.1, -0.05) is 24.3 Å². The predicted octanol–water partition coefficient (Wildman–Crippen LogP) is 6.38. The molecule has 2 aliphatic heterocycles. The van der Waals surface area contributed by atoms with Crippen LogP contribution in [-0.2, 0) is 29.1 Å². The van der Waals surface area contributed by atoms with E-state index in [-0.39, 0.29) is 24.2 Å². The van der Waals surface area contributed by atoms with Gasteiger partial charge in [-0.15, -0.1) is 0 Å². The first-order valence-electron chi connectivity index (χ1n) is 18.2. The molecule has 12 heteroatoms. The van der Waals surface area contributed by atoms with Crippen LogP contribution in [0.1, 0.15) is 56.1 Å². The average molecular weight is 716 g/mol. The molecule has 0 saturated carbocycles. The zero-order valence-corrected chi connectivity index (χ0v) is 30.4. The van der Waals surface area contributed by atoms with Crippen molar-refractivity contribution in [3.63, 3.8) is 0 Å². The largest absolute Gasteiger partial charge is 0.493 e. The fourth-order valence-electron chi connectivity index (χ4n) is 7.89. The van der Waals surface area contributed by atoms with E-state index in [9.17, 15) is 14.0 Å².